The quantitative estimate of drug-likeness (QED) is 0.553. The van der Waals surface area contributed by atoms with Gasteiger partial charge in [0, 0.05) is 13.7 Å². The van der Waals surface area contributed by atoms with Crippen molar-refractivity contribution in [1.82, 2.24) is 10.2 Å². The first-order valence-electron chi connectivity index (χ1n) is 3.32. The molecule has 0 aromatic carbocycles. The number of hydrogen-bond donors (Lipinski definition) is 1. The van der Waals surface area contributed by atoms with Gasteiger partial charge in [0.05, 0.1) is 19.8 Å². The van der Waals surface area contributed by atoms with Crippen LogP contribution in [0.2, 0.25) is 0 Å². The maximum Gasteiger partial charge on any atom is 0.237 e. The lowest BCUT2D eigenvalue weighted by molar-refractivity contribution is -0.127. The number of hydrogen-bond acceptors (Lipinski definition) is 3. The van der Waals surface area contributed by atoms with E-state index in [2.05, 4.69) is 5.32 Å². The third-order valence-corrected chi connectivity index (χ3v) is 1.50. The van der Waals surface area contributed by atoms with Gasteiger partial charge in [-0.05, 0) is 0 Å². The van der Waals surface area contributed by atoms with E-state index < -0.39 is 0 Å². The fourth-order valence-corrected chi connectivity index (χ4v) is 0.903. The summed E-state index contributed by atoms with van der Waals surface area (Å²) in [6.45, 7) is 2.46. The van der Waals surface area contributed by atoms with Gasteiger partial charge in [0.2, 0.25) is 5.91 Å². The van der Waals surface area contributed by atoms with Gasteiger partial charge in [0.1, 0.15) is 0 Å². The first-order valence-corrected chi connectivity index (χ1v) is 3.32. The second kappa shape index (κ2) is 3.53. The van der Waals surface area contributed by atoms with Crippen LogP contribution in [0.5, 0.6) is 0 Å². The molecule has 1 rings (SSSR count). The lowest BCUT2D eigenvalue weighted by Crippen LogP contribution is -2.29. The van der Waals surface area contributed by atoms with Crippen LogP contribution in [0.3, 0.4) is 0 Å². The number of methoxy groups -OCH3 is 1. The van der Waals surface area contributed by atoms with Crippen molar-refractivity contribution < 1.29 is 9.53 Å². The number of rotatable bonds is 3. The van der Waals surface area contributed by atoms with E-state index in [1.165, 1.54) is 0 Å². The number of carbonyl (C=O) groups is 1. The second-order valence-corrected chi connectivity index (χ2v) is 2.23. The molecule has 1 aliphatic rings. The largest absolute Gasteiger partial charge is 0.383 e. The minimum atomic E-state index is 0.164. The monoisotopic (exact) mass is 144 g/mol. The first-order chi connectivity index (χ1) is 4.84. The Balaban J connectivity index is 2.20. The molecule has 1 saturated heterocycles. The molecule has 0 atom stereocenters. The van der Waals surface area contributed by atoms with Crippen LogP contribution < -0.4 is 5.32 Å². The average Bonchev–Trinajstić information content (AvgIpc) is 2.31. The first kappa shape index (κ1) is 7.50. The van der Waals surface area contributed by atoms with Crippen LogP contribution in [-0.4, -0.2) is 44.3 Å². The third kappa shape index (κ3) is 1.68. The van der Waals surface area contributed by atoms with Gasteiger partial charge in [-0.25, -0.2) is 0 Å². The summed E-state index contributed by atoms with van der Waals surface area (Å²) in [5.74, 6) is 0.164. The van der Waals surface area contributed by atoms with Crippen LogP contribution in [0.25, 0.3) is 0 Å². The zero-order chi connectivity index (χ0) is 7.40. The summed E-state index contributed by atoms with van der Waals surface area (Å²) in [6, 6.07) is 0. The summed E-state index contributed by atoms with van der Waals surface area (Å²) in [5, 5.41) is 2.95. The SMILES string of the molecule is COCCN1CNCC1=O. The van der Waals surface area contributed by atoms with E-state index in [1.54, 1.807) is 12.0 Å². The molecule has 4 nitrogen and oxygen atoms in total. The topological polar surface area (TPSA) is 41.6 Å². The van der Waals surface area contributed by atoms with Crippen LogP contribution in [0, 0.1) is 0 Å². The molecule has 0 saturated carbocycles. The third-order valence-electron chi connectivity index (χ3n) is 1.50. The minimum absolute atomic E-state index is 0.164. The predicted octanol–water partition coefficient (Wildman–Crippen LogP) is -0.978. The summed E-state index contributed by atoms with van der Waals surface area (Å²) in [6.07, 6.45) is 0. The maximum atomic E-state index is 10.9. The number of amides is 1. The van der Waals surface area contributed by atoms with Gasteiger partial charge < -0.3 is 9.64 Å². The number of carbonyl (C=O) groups excluding carboxylic acids is 1. The molecule has 1 fully saturated rings. The van der Waals surface area contributed by atoms with Gasteiger partial charge in [-0.2, -0.15) is 0 Å². The normalized spacial score (nSPS) is 18.5. The Morgan fingerprint density at radius 3 is 3.10 bits per heavy atom. The molecule has 10 heavy (non-hydrogen) atoms. The minimum Gasteiger partial charge on any atom is -0.383 e. The fourth-order valence-electron chi connectivity index (χ4n) is 0.903. The van der Waals surface area contributed by atoms with Crippen molar-refractivity contribution in [2.24, 2.45) is 0 Å². The van der Waals surface area contributed by atoms with Crippen molar-refractivity contribution in [3.63, 3.8) is 0 Å². The molecular weight excluding hydrogens is 132 g/mol. The molecule has 0 spiro atoms. The van der Waals surface area contributed by atoms with E-state index in [4.69, 9.17) is 4.74 Å². The Morgan fingerprint density at radius 1 is 1.80 bits per heavy atom. The van der Waals surface area contributed by atoms with E-state index >= 15 is 0 Å². The van der Waals surface area contributed by atoms with E-state index in [-0.39, 0.29) is 5.91 Å². The Kier molecular flexibility index (Phi) is 2.65. The molecule has 0 aromatic heterocycles. The Morgan fingerprint density at radius 2 is 2.60 bits per heavy atom. The van der Waals surface area contributed by atoms with Gasteiger partial charge in [-0.3, -0.25) is 10.1 Å². The van der Waals surface area contributed by atoms with E-state index in [1.807, 2.05) is 0 Å². The van der Waals surface area contributed by atoms with Crippen molar-refractivity contribution in [2.45, 2.75) is 0 Å². The molecule has 0 radical (unpaired) electrons. The molecule has 0 aromatic rings. The van der Waals surface area contributed by atoms with Crippen molar-refractivity contribution >= 4 is 5.91 Å². The smallest absolute Gasteiger partial charge is 0.237 e. The molecule has 4 heteroatoms. The van der Waals surface area contributed by atoms with Gasteiger partial charge in [-0.1, -0.05) is 0 Å². The summed E-state index contributed by atoms with van der Waals surface area (Å²) < 4.78 is 4.83. The van der Waals surface area contributed by atoms with E-state index in [9.17, 15) is 4.79 Å². The van der Waals surface area contributed by atoms with E-state index in [0.29, 0.717) is 26.4 Å². The molecule has 58 valence electrons. The molecule has 1 aliphatic heterocycles. The lowest BCUT2D eigenvalue weighted by Gasteiger charge is -2.12. The number of ether oxygens (including phenoxy) is 1. The highest BCUT2D eigenvalue weighted by molar-refractivity contribution is 5.79. The van der Waals surface area contributed by atoms with Gasteiger partial charge in [-0.15, -0.1) is 0 Å². The van der Waals surface area contributed by atoms with Crippen molar-refractivity contribution in [2.75, 3.05) is 33.5 Å². The molecular formula is C6H12N2O2. The van der Waals surface area contributed by atoms with E-state index in [0.717, 1.165) is 0 Å². The standard InChI is InChI=1S/C6H12N2O2/c1-10-3-2-8-5-7-4-6(8)9/h7H,2-5H2,1H3. The molecule has 1 N–H and O–H groups in total. The van der Waals surface area contributed by atoms with Crippen LogP contribution >= 0.6 is 0 Å². The van der Waals surface area contributed by atoms with Crippen molar-refractivity contribution in [3.8, 4) is 0 Å². The summed E-state index contributed by atoms with van der Waals surface area (Å²) in [4.78, 5) is 12.6. The summed E-state index contributed by atoms with van der Waals surface area (Å²) in [7, 11) is 1.63. The van der Waals surface area contributed by atoms with Crippen LogP contribution in [0.15, 0.2) is 0 Å². The fraction of sp³-hybridized carbons (Fsp3) is 0.833. The molecule has 0 unspecified atom stereocenters. The average molecular weight is 144 g/mol. The highest BCUT2D eigenvalue weighted by atomic mass is 16.5. The lowest BCUT2D eigenvalue weighted by atomic mass is 10.5. The van der Waals surface area contributed by atoms with Crippen LogP contribution in [-0.2, 0) is 9.53 Å². The molecule has 1 heterocycles. The maximum absolute atomic E-state index is 10.9. The Labute approximate surface area is 60.1 Å². The summed E-state index contributed by atoms with van der Waals surface area (Å²) in [5.41, 5.74) is 0. The van der Waals surface area contributed by atoms with Crippen LogP contribution in [0.1, 0.15) is 0 Å². The molecule has 1 amide bonds. The Hall–Kier alpha value is -0.610. The van der Waals surface area contributed by atoms with Gasteiger partial charge in [0.15, 0.2) is 0 Å². The molecule has 0 bridgehead atoms. The van der Waals surface area contributed by atoms with Gasteiger partial charge >= 0.3 is 0 Å². The number of nitrogens with one attached hydrogen (secondary N) is 1. The zero-order valence-corrected chi connectivity index (χ0v) is 6.09. The van der Waals surface area contributed by atoms with Crippen LogP contribution in [0.4, 0.5) is 0 Å². The summed E-state index contributed by atoms with van der Waals surface area (Å²) >= 11 is 0. The Bertz CT molecular complexity index is 127. The van der Waals surface area contributed by atoms with Crippen molar-refractivity contribution in [3.05, 3.63) is 0 Å². The molecule has 0 aliphatic carbocycles. The second-order valence-electron chi connectivity index (χ2n) is 2.23. The highest BCUT2D eigenvalue weighted by Gasteiger charge is 2.17. The highest BCUT2D eigenvalue weighted by Crippen LogP contribution is 1.93. The van der Waals surface area contributed by atoms with Crippen molar-refractivity contribution in [1.29, 1.82) is 0 Å². The number of nitrogens with zero attached hydrogens (tertiary/aromatic N) is 1. The zero-order valence-electron chi connectivity index (χ0n) is 6.09. The predicted molar refractivity (Wildman–Crippen MR) is 36.5 cm³/mol. The van der Waals surface area contributed by atoms with Gasteiger partial charge in [0.25, 0.3) is 0 Å².